The van der Waals surface area contributed by atoms with Gasteiger partial charge in [0.15, 0.2) is 0 Å². The minimum absolute atomic E-state index is 0.00427. The molecule has 27 heavy (non-hydrogen) atoms. The molecule has 1 atom stereocenters. The molecule has 0 saturated carbocycles. The Hall–Kier alpha value is -1.73. The maximum atomic E-state index is 12.9. The Balaban J connectivity index is 1.91. The molecule has 0 bridgehead atoms. The van der Waals surface area contributed by atoms with Crippen molar-refractivity contribution in [2.24, 2.45) is 0 Å². The van der Waals surface area contributed by atoms with Gasteiger partial charge in [0.1, 0.15) is 4.90 Å². The largest absolute Gasteiger partial charge is 0.398 e. The average molecular weight is 426 g/mol. The summed E-state index contributed by atoms with van der Waals surface area (Å²) in [6, 6.07) is 10.5. The fourth-order valence-electron chi connectivity index (χ4n) is 3.21. The summed E-state index contributed by atoms with van der Waals surface area (Å²) in [4.78, 5) is -0.138. The Morgan fingerprint density at radius 2 is 1.93 bits per heavy atom. The van der Waals surface area contributed by atoms with Crippen LogP contribution >= 0.6 is 23.2 Å². The molecule has 0 aliphatic heterocycles. The van der Waals surface area contributed by atoms with Crippen molar-refractivity contribution in [3.8, 4) is 0 Å². The van der Waals surface area contributed by atoms with Gasteiger partial charge in [-0.25, -0.2) is 13.1 Å². The zero-order valence-corrected chi connectivity index (χ0v) is 17.4. The average Bonchev–Trinajstić information content (AvgIpc) is 2.89. The van der Waals surface area contributed by atoms with Crippen molar-refractivity contribution in [2.75, 3.05) is 5.73 Å². The Kier molecular flexibility index (Phi) is 5.72. The first-order chi connectivity index (χ1) is 12.7. The SMILES string of the molecule is CCC(Cn1cc(C)c2ccccc21)NS(=O)(=O)c1c(N)cc(Cl)cc1Cl. The predicted molar refractivity (Wildman–Crippen MR) is 112 cm³/mol. The van der Waals surface area contributed by atoms with Gasteiger partial charge in [-0.05, 0) is 37.1 Å². The van der Waals surface area contributed by atoms with Gasteiger partial charge in [-0.15, -0.1) is 0 Å². The van der Waals surface area contributed by atoms with Crippen molar-refractivity contribution in [3.63, 3.8) is 0 Å². The number of halogens is 2. The van der Waals surface area contributed by atoms with Crippen LogP contribution in [-0.2, 0) is 16.6 Å². The maximum absolute atomic E-state index is 12.9. The first kappa shape index (κ1) is 20.0. The van der Waals surface area contributed by atoms with Crippen LogP contribution in [0.1, 0.15) is 18.9 Å². The van der Waals surface area contributed by atoms with E-state index in [-0.39, 0.29) is 26.7 Å². The molecule has 8 heteroatoms. The van der Waals surface area contributed by atoms with E-state index in [9.17, 15) is 8.42 Å². The number of aryl methyl sites for hydroxylation is 1. The molecule has 0 fully saturated rings. The van der Waals surface area contributed by atoms with Gasteiger partial charge in [0, 0.05) is 34.7 Å². The maximum Gasteiger partial charge on any atom is 0.244 e. The van der Waals surface area contributed by atoms with Gasteiger partial charge in [0.05, 0.1) is 10.7 Å². The third-order valence-corrected chi connectivity index (χ3v) is 6.79. The first-order valence-electron chi connectivity index (χ1n) is 8.54. The van der Waals surface area contributed by atoms with E-state index < -0.39 is 10.0 Å². The Morgan fingerprint density at radius 3 is 2.59 bits per heavy atom. The second kappa shape index (κ2) is 7.72. The molecule has 3 rings (SSSR count). The number of anilines is 1. The summed E-state index contributed by atoms with van der Waals surface area (Å²) in [5, 5.41) is 1.45. The number of aromatic nitrogens is 1. The number of nitrogens with two attached hydrogens (primary N) is 1. The van der Waals surface area contributed by atoms with Gasteiger partial charge in [-0.1, -0.05) is 48.3 Å². The van der Waals surface area contributed by atoms with E-state index in [0.29, 0.717) is 13.0 Å². The molecule has 0 saturated heterocycles. The van der Waals surface area contributed by atoms with E-state index in [4.69, 9.17) is 28.9 Å². The molecule has 2 aromatic carbocycles. The quantitative estimate of drug-likeness (QED) is 0.566. The lowest BCUT2D eigenvalue weighted by Crippen LogP contribution is -2.37. The molecule has 3 aromatic rings. The zero-order chi connectivity index (χ0) is 19.8. The van der Waals surface area contributed by atoms with Crippen molar-refractivity contribution in [1.82, 2.24) is 9.29 Å². The molecule has 0 spiro atoms. The van der Waals surface area contributed by atoms with Crippen LogP contribution in [0, 0.1) is 6.92 Å². The number of hydrogen-bond acceptors (Lipinski definition) is 3. The fraction of sp³-hybridized carbons (Fsp3) is 0.263. The van der Waals surface area contributed by atoms with Crippen LogP contribution < -0.4 is 10.5 Å². The predicted octanol–water partition coefficient (Wildman–Crippen LogP) is 4.60. The zero-order valence-electron chi connectivity index (χ0n) is 15.0. The highest BCUT2D eigenvalue weighted by Crippen LogP contribution is 2.31. The molecular formula is C19H21Cl2N3O2S. The number of nitrogens with one attached hydrogen (secondary N) is 1. The summed E-state index contributed by atoms with van der Waals surface area (Å²) < 4.78 is 30.6. The number of sulfonamides is 1. The molecule has 1 heterocycles. The first-order valence-corrected chi connectivity index (χ1v) is 10.8. The summed E-state index contributed by atoms with van der Waals surface area (Å²) >= 11 is 12.0. The summed E-state index contributed by atoms with van der Waals surface area (Å²) in [5.41, 5.74) is 8.10. The van der Waals surface area contributed by atoms with Gasteiger partial charge in [-0.3, -0.25) is 0 Å². The molecule has 0 aliphatic carbocycles. The standard InChI is InChI=1S/C19H21Cl2N3O2S/c1-3-14(11-24-10-12(2)15-6-4-5-7-18(15)24)23-27(25,26)19-16(21)8-13(20)9-17(19)22/h4-10,14,23H,3,11,22H2,1-2H3. The second-order valence-corrected chi connectivity index (χ2v) is 9.01. The van der Waals surface area contributed by atoms with Gasteiger partial charge < -0.3 is 10.3 Å². The lowest BCUT2D eigenvalue weighted by Gasteiger charge is -2.20. The van der Waals surface area contributed by atoms with Gasteiger partial charge in [-0.2, -0.15) is 0 Å². The lowest BCUT2D eigenvalue weighted by molar-refractivity contribution is 0.492. The van der Waals surface area contributed by atoms with E-state index in [0.717, 1.165) is 16.5 Å². The van der Waals surface area contributed by atoms with E-state index in [1.165, 1.54) is 12.1 Å². The Labute approximate surface area is 169 Å². The van der Waals surface area contributed by atoms with Crippen molar-refractivity contribution >= 4 is 49.8 Å². The smallest absolute Gasteiger partial charge is 0.244 e. The molecular weight excluding hydrogens is 405 g/mol. The third kappa shape index (κ3) is 4.09. The number of fused-ring (bicyclic) bond motifs is 1. The normalized spacial score (nSPS) is 13.2. The van der Waals surface area contributed by atoms with Gasteiger partial charge >= 0.3 is 0 Å². The molecule has 3 N–H and O–H groups in total. The number of benzene rings is 2. The summed E-state index contributed by atoms with van der Waals surface area (Å²) in [5.74, 6) is 0. The summed E-state index contributed by atoms with van der Waals surface area (Å²) in [6.07, 6.45) is 2.64. The summed E-state index contributed by atoms with van der Waals surface area (Å²) in [7, 11) is -3.90. The number of rotatable bonds is 6. The van der Waals surface area contributed by atoms with Crippen LogP contribution in [0.3, 0.4) is 0 Å². The van der Waals surface area contributed by atoms with Crippen LogP contribution in [0.25, 0.3) is 10.9 Å². The molecule has 0 radical (unpaired) electrons. The van der Waals surface area contributed by atoms with Crippen LogP contribution in [-0.4, -0.2) is 19.0 Å². The van der Waals surface area contributed by atoms with Crippen LogP contribution in [0.4, 0.5) is 5.69 Å². The van der Waals surface area contributed by atoms with Crippen LogP contribution in [0.5, 0.6) is 0 Å². The van der Waals surface area contributed by atoms with Gasteiger partial charge in [0.2, 0.25) is 10.0 Å². The minimum atomic E-state index is -3.90. The second-order valence-electron chi connectivity index (χ2n) is 6.51. The molecule has 1 aromatic heterocycles. The highest BCUT2D eigenvalue weighted by molar-refractivity contribution is 7.89. The van der Waals surface area contributed by atoms with Gasteiger partial charge in [0.25, 0.3) is 0 Å². The summed E-state index contributed by atoms with van der Waals surface area (Å²) in [6.45, 7) is 4.46. The molecule has 144 valence electrons. The monoisotopic (exact) mass is 425 g/mol. The molecule has 1 unspecified atom stereocenters. The van der Waals surface area contributed by atoms with E-state index in [1.54, 1.807) is 0 Å². The number of hydrogen-bond donors (Lipinski definition) is 2. The minimum Gasteiger partial charge on any atom is -0.398 e. The van der Waals surface area contributed by atoms with Crippen molar-refractivity contribution < 1.29 is 8.42 Å². The fourth-order valence-corrected chi connectivity index (χ4v) is 5.51. The molecule has 0 aliphatic rings. The van der Waals surface area contributed by atoms with Crippen LogP contribution in [0.15, 0.2) is 47.5 Å². The topological polar surface area (TPSA) is 77.1 Å². The number of nitrogen functional groups attached to an aromatic ring is 1. The van der Waals surface area contributed by atoms with E-state index in [2.05, 4.69) is 15.4 Å². The number of nitrogens with zero attached hydrogens (tertiary/aromatic N) is 1. The van der Waals surface area contributed by atoms with E-state index >= 15 is 0 Å². The van der Waals surface area contributed by atoms with E-state index in [1.807, 2.05) is 38.2 Å². The third-order valence-electron chi connectivity index (χ3n) is 4.53. The number of para-hydroxylation sites is 1. The van der Waals surface area contributed by atoms with Crippen molar-refractivity contribution in [2.45, 2.75) is 37.8 Å². The Bertz CT molecular complexity index is 1070. The lowest BCUT2D eigenvalue weighted by atomic mass is 10.2. The van der Waals surface area contributed by atoms with Crippen molar-refractivity contribution in [3.05, 3.63) is 58.2 Å². The Morgan fingerprint density at radius 1 is 1.22 bits per heavy atom. The highest BCUT2D eigenvalue weighted by atomic mass is 35.5. The van der Waals surface area contributed by atoms with Crippen molar-refractivity contribution in [1.29, 1.82) is 0 Å². The van der Waals surface area contributed by atoms with Crippen LogP contribution in [0.2, 0.25) is 10.0 Å². The molecule has 0 amide bonds. The highest BCUT2D eigenvalue weighted by Gasteiger charge is 2.25. The molecule has 5 nitrogen and oxygen atoms in total.